The van der Waals surface area contributed by atoms with E-state index in [4.69, 9.17) is 15.0 Å². The number of aromatic nitrogens is 6. The molecule has 0 fully saturated rings. The lowest BCUT2D eigenvalue weighted by molar-refractivity contribution is 0.953. The van der Waals surface area contributed by atoms with Gasteiger partial charge in [-0.3, -0.25) is 4.57 Å². The number of hydrogen-bond donors (Lipinski definition) is 0. The normalized spacial score (nSPS) is 11.9. The summed E-state index contributed by atoms with van der Waals surface area (Å²) < 4.78 is 6.99. The van der Waals surface area contributed by atoms with Gasteiger partial charge in [-0.15, -0.1) is 0 Å². The minimum Gasteiger partial charge on any atom is -0.309 e. The second-order valence-electron chi connectivity index (χ2n) is 14.4. The van der Waals surface area contributed by atoms with Crippen LogP contribution in [0.1, 0.15) is 0 Å². The average Bonchev–Trinajstić information content (AvgIpc) is 3.93. The van der Waals surface area contributed by atoms with Crippen LogP contribution in [-0.2, 0) is 0 Å². The Balaban J connectivity index is 1.24. The second-order valence-corrected chi connectivity index (χ2v) is 14.4. The molecule has 6 nitrogen and oxygen atoms in total. The van der Waals surface area contributed by atoms with E-state index in [1.807, 2.05) is 18.2 Å². The molecule has 12 rings (SSSR count). The third-order valence-corrected chi connectivity index (χ3v) is 11.3. The molecule has 0 saturated carbocycles. The van der Waals surface area contributed by atoms with Crippen molar-refractivity contribution in [3.05, 3.63) is 194 Å². The van der Waals surface area contributed by atoms with Crippen molar-refractivity contribution >= 4 is 65.4 Å². The van der Waals surface area contributed by atoms with Crippen LogP contribution in [0.3, 0.4) is 0 Å². The number of hydrogen-bond acceptors (Lipinski definition) is 3. The highest BCUT2D eigenvalue weighted by molar-refractivity contribution is 6.23. The van der Waals surface area contributed by atoms with E-state index in [9.17, 15) is 0 Å². The lowest BCUT2D eigenvalue weighted by Crippen LogP contribution is -2.07. The van der Waals surface area contributed by atoms with E-state index in [2.05, 4.69) is 190 Å². The van der Waals surface area contributed by atoms with Gasteiger partial charge in [0.25, 0.3) is 0 Å². The van der Waals surface area contributed by atoms with Gasteiger partial charge >= 0.3 is 0 Å². The molecule has 0 spiro atoms. The van der Waals surface area contributed by atoms with Gasteiger partial charge in [0.1, 0.15) is 0 Å². The highest BCUT2D eigenvalue weighted by Crippen LogP contribution is 2.42. The third kappa shape index (κ3) is 4.68. The minimum absolute atomic E-state index is 0.557. The molecule has 0 aliphatic rings. The summed E-state index contributed by atoms with van der Waals surface area (Å²) in [5.74, 6) is 1.77. The molecule has 0 aliphatic carbocycles. The van der Waals surface area contributed by atoms with Crippen molar-refractivity contribution in [2.75, 3.05) is 0 Å². The summed E-state index contributed by atoms with van der Waals surface area (Å²) in [6.45, 7) is 0. The van der Waals surface area contributed by atoms with E-state index in [-0.39, 0.29) is 0 Å². The zero-order valence-corrected chi connectivity index (χ0v) is 30.7. The van der Waals surface area contributed by atoms with E-state index < -0.39 is 0 Å². The van der Waals surface area contributed by atoms with Crippen LogP contribution in [0.4, 0.5) is 0 Å². The third-order valence-electron chi connectivity index (χ3n) is 11.3. The van der Waals surface area contributed by atoms with Crippen LogP contribution >= 0.6 is 0 Å². The van der Waals surface area contributed by atoms with Gasteiger partial charge in [-0.1, -0.05) is 146 Å². The molecule has 4 heterocycles. The van der Waals surface area contributed by atoms with E-state index in [1.54, 1.807) is 0 Å². The fraction of sp³-hybridized carbons (Fsp3) is 0. The largest absolute Gasteiger partial charge is 0.309 e. The summed E-state index contributed by atoms with van der Waals surface area (Å²) in [5, 5.41) is 6.94. The molecule has 0 atom stereocenters. The summed E-state index contributed by atoms with van der Waals surface area (Å²) in [4.78, 5) is 16.2. The fourth-order valence-electron chi connectivity index (χ4n) is 8.90. The second kappa shape index (κ2) is 12.3. The Labute approximate surface area is 327 Å². The molecule has 0 N–H and O–H groups in total. The SMILES string of the molecule is c1ccc(-c2nc(-c3cccc4c5ccccc5n(-c5ccccc5)c34)nc(-n3c4ccccc4c4ccc5c6ccccc6n(-c6ccccc6)c5c43)n2)cc1. The average molecular weight is 729 g/mol. The minimum atomic E-state index is 0.557. The van der Waals surface area contributed by atoms with Gasteiger partial charge in [0, 0.05) is 54.8 Å². The molecule has 6 heteroatoms. The molecule has 12 aromatic rings. The number of benzene rings is 8. The Bertz CT molecular complexity index is 3510. The maximum absolute atomic E-state index is 5.51. The summed E-state index contributed by atoms with van der Waals surface area (Å²) in [5.41, 5.74) is 10.5. The number of rotatable bonds is 5. The molecule has 0 amide bonds. The zero-order chi connectivity index (χ0) is 37.5. The van der Waals surface area contributed by atoms with Gasteiger partial charge in [0.05, 0.1) is 33.1 Å². The van der Waals surface area contributed by atoms with Crippen molar-refractivity contribution in [1.82, 2.24) is 28.7 Å². The first-order chi connectivity index (χ1) is 28.3. The first-order valence-corrected chi connectivity index (χ1v) is 19.2. The van der Waals surface area contributed by atoms with E-state index >= 15 is 0 Å². The molecule has 0 saturated heterocycles. The fourth-order valence-corrected chi connectivity index (χ4v) is 8.90. The van der Waals surface area contributed by atoms with Crippen LogP contribution in [0.15, 0.2) is 194 Å². The van der Waals surface area contributed by atoms with Crippen molar-refractivity contribution in [2.45, 2.75) is 0 Å². The van der Waals surface area contributed by atoms with Crippen LogP contribution in [0, 0.1) is 0 Å². The van der Waals surface area contributed by atoms with Crippen molar-refractivity contribution in [3.63, 3.8) is 0 Å². The first-order valence-electron chi connectivity index (χ1n) is 19.2. The molecule has 8 aromatic carbocycles. The Morgan fingerprint density at radius 2 is 0.702 bits per heavy atom. The predicted octanol–water partition coefficient (Wildman–Crippen LogP) is 12.5. The topological polar surface area (TPSA) is 53.5 Å². The Hall–Kier alpha value is -7.83. The number of nitrogens with zero attached hydrogens (tertiary/aromatic N) is 6. The number of fused-ring (bicyclic) bond motifs is 10. The lowest BCUT2D eigenvalue weighted by atomic mass is 10.1. The maximum Gasteiger partial charge on any atom is 0.238 e. The molecule has 0 aliphatic heterocycles. The quantitative estimate of drug-likeness (QED) is 0.177. The molecule has 266 valence electrons. The van der Waals surface area contributed by atoms with Gasteiger partial charge in [-0.05, 0) is 48.5 Å². The van der Waals surface area contributed by atoms with Gasteiger partial charge in [0.15, 0.2) is 11.6 Å². The first kappa shape index (κ1) is 31.5. The summed E-state index contributed by atoms with van der Waals surface area (Å²) in [6, 6.07) is 68.3. The molecule has 57 heavy (non-hydrogen) atoms. The Kier molecular flexibility index (Phi) is 6.83. The van der Waals surface area contributed by atoms with Crippen LogP contribution in [0.2, 0.25) is 0 Å². The smallest absolute Gasteiger partial charge is 0.238 e. The van der Waals surface area contributed by atoms with E-state index in [0.717, 1.165) is 71.8 Å². The Morgan fingerprint density at radius 1 is 0.281 bits per heavy atom. The zero-order valence-electron chi connectivity index (χ0n) is 30.7. The van der Waals surface area contributed by atoms with Gasteiger partial charge < -0.3 is 9.13 Å². The van der Waals surface area contributed by atoms with Crippen LogP contribution in [0.25, 0.3) is 106 Å². The summed E-state index contributed by atoms with van der Waals surface area (Å²) >= 11 is 0. The van der Waals surface area contributed by atoms with Crippen LogP contribution < -0.4 is 0 Å². The van der Waals surface area contributed by atoms with Crippen LogP contribution in [-0.4, -0.2) is 28.7 Å². The molecular formula is C51H32N6. The number of para-hydroxylation sites is 6. The van der Waals surface area contributed by atoms with Crippen LogP contribution in [0.5, 0.6) is 0 Å². The monoisotopic (exact) mass is 728 g/mol. The highest BCUT2D eigenvalue weighted by atomic mass is 15.2. The molecular weight excluding hydrogens is 697 g/mol. The maximum atomic E-state index is 5.51. The lowest BCUT2D eigenvalue weighted by Gasteiger charge is -2.14. The van der Waals surface area contributed by atoms with Gasteiger partial charge in [0.2, 0.25) is 5.95 Å². The summed E-state index contributed by atoms with van der Waals surface area (Å²) in [7, 11) is 0. The van der Waals surface area contributed by atoms with Crippen molar-refractivity contribution in [1.29, 1.82) is 0 Å². The molecule has 0 bridgehead atoms. The molecule has 0 radical (unpaired) electrons. The van der Waals surface area contributed by atoms with E-state index in [0.29, 0.717) is 17.6 Å². The summed E-state index contributed by atoms with van der Waals surface area (Å²) in [6.07, 6.45) is 0. The Morgan fingerprint density at radius 3 is 1.28 bits per heavy atom. The van der Waals surface area contributed by atoms with Crippen molar-refractivity contribution < 1.29 is 0 Å². The van der Waals surface area contributed by atoms with Gasteiger partial charge in [-0.25, -0.2) is 4.98 Å². The predicted molar refractivity (Wildman–Crippen MR) is 234 cm³/mol. The van der Waals surface area contributed by atoms with E-state index in [1.165, 1.54) is 16.2 Å². The highest BCUT2D eigenvalue weighted by Gasteiger charge is 2.25. The standard InChI is InChI=1S/C51H32N6/c1-4-17-33(18-5-1)49-52-50(42-27-16-26-39-36-23-10-13-28-43(36)55(46(39)42)34-19-6-2-7-20-34)54-51(53-49)57-45-30-15-12-25-38(45)41-32-31-40-37-24-11-14-29-44(37)56(47(40)48(41)57)35-21-8-3-9-22-35/h1-32H. The van der Waals surface area contributed by atoms with Gasteiger partial charge in [-0.2, -0.15) is 9.97 Å². The van der Waals surface area contributed by atoms with Crippen molar-refractivity contribution in [2.24, 2.45) is 0 Å². The van der Waals surface area contributed by atoms with Crippen molar-refractivity contribution in [3.8, 4) is 40.1 Å². The molecule has 0 unspecified atom stereocenters. The molecule has 4 aromatic heterocycles.